The second-order valence-corrected chi connectivity index (χ2v) is 12.4. The third-order valence-corrected chi connectivity index (χ3v) is 10.8. The molecule has 0 spiro atoms. The summed E-state index contributed by atoms with van der Waals surface area (Å²) in [6.07, 6.45) is 13.6. The van der Waals surface area contributed by atoms with Crippen LogP contribution >= 0.6 is 0 Å². The lowest BCUT2D eigenvalue weighted by Crippen LogP contribution is -2.51. The van der Waals surface area contributed by atoms with Crippen molar-refractivity contribution in [1.82, 2.24) is 0 Å². The number of esters is 2. The van der Waals surface area contributed by atoms with E-state index in [-0.39, 0.29) is 47.2 Å². The minimum absolute atomic E-state index is 0.00261. The van der Waals surface area contributed by atoms with Gasteiger partial charge in [0.1, 0.15) is 12.7 Å². The van der Waals surface area contributed by atoms with Crippen LogP contribution in [0.2, 0.25) is 0 Å². The lowest BCUT2D eigenvalue weighted by atomic mass is 9.47. The quantitative estimate of drug-likeness (QED) is 0.480. The van der Waals surface area contributed by atoms with Gasteiger partial charge in [-0.2, -0.15) is 0 Å². The molecule has 0 bridgehead atoms. The highest BCUT2D eigenvalue weighted by atomic mass is 16.6. The molecule has 5 heteroatoms. The molecule has 1 aliphatic heterocycles. The molecule has 3 fully saturated rings. The summed E-state index contributed by atoms with van der Waals surface area (Å²) in [5, 5.41) is 0. The number of cyclic esters (lactones) is 1. The Morgan fingerprint density at radius 1 is 1.17 bits per heavy atom. The summed E-state index contributed by atoms with van der Waals surface area (Å²) in [7, 11) is 0. The second kappa shape index (κ2) is 8.74. The van der Waals surface area contributed by atoms with Crippen LogP contribution in [0, 0.1) is 40.4 Å². The van der Waals surface area contributed by atoms with Crippen LogP contribution < -0.4 is 0 Å². The van der Waals surface area contributed by atoms with Crippen molar-refractivity contribution in [2.45, 2.75) is 85.7 Å². The van der Waals surface area contributed by atoms with Crippen molar-refractivity contribution in [2.75, 3.05) is 6.61 Å². The van der Waals surface area contributed by atoms with Crippen molar-refractivity contribution in [3.63, 3.8) is 0 Å². The van der Waals surface area contributed by atoms with Crippen molar-refractivity contribution in [3.8, 4) is 0 Å². The minimum Gasteiger partial charge on any atom is -0.461 e. The van der Waals surface area contributed by atoms with Crippen LogP contribution in [0.4, 0.5) is 0 Å². The van der Waals surface area contributed by atoms with Gasteiger partial charge in [-0.3, -0.25) is 9.59 Å². The Bertz CT molecular complexity index is 1030. The van der Waals surface area contributed by atoms with E-state index in [9.17, 15) is 14.4 Å². The Labute approximate surface area is 209 Å². The Hall–Kier alpha value is -2.17. The molecule has 3 saturated carbocycles. The van der Waals surface area contributed by atoms with Crippen molar-refractivity contribution in [1.29, 1.82) is 0 Å². The van der Waals surface area contributed by atoms with E-state index >= 15 is 0 Å². The average Bonchev–Trinajstić information content (AvgIpc) is 3.15. The van der Waals surface area contributed by atoms with E-state index < -0.39 is 0 Å². The van der Waals surface area contributed by atoms with Crippen LogP contribution in [-0.4, -0.2) is 30.4 Å². The molecule has 0 radical (unpaired) electrons. The lowest BCUT2D eigenvalue weighted by Gasteiger charge is -2.57. The number of fused-ring (bicyclic) bond motifs is 5. The third kappa shape index (κ3) is 3.94. The molecule has 5 aliphatic rings. The van der Waals surface area contributed by atoms with Gasteiger partial charge in [0.15, 0.2) is 5.78 Å². The fourth-order valence-electron chi connectivity index (χ4n) is 8.86. The Kier molecular flexibility index (Phi) is 6.12. The van der Waals surface area contributed by atoms with Gasteiger partial charge < -0.3 is 9.47 Å². The van der Waals surface area contributed by atoms with Crippen molar-refractivity contribution < 1.29 is 23.9 Å². The molecule has 5 rings (SSSR count). The van der Waals surface area contributed by atoms with Gasteiger partial charge in [0.05, 0.1) is 5.57 Å². The van der Waals surface area contributed by atoms with E-state index in [0.29, 0.717) is 29.2 Å². The second-order valence-electron chi connectivity index (χ2n) is 12.4. The van der Waals surface area contributed by atoms with Crippen LogP contribution in [0.15, 0.2) is 34.9 Å². The zero-order valence-electron chi connectivity index (χ0n) is 21.9. The molecule has 8 atom stereocenters. The number of rotatable bonds is 4. The first-order chi connectivity index (χ1) is 16.5. The van der Waals surface area contributed by atoms with Crippen LogP contribution in [-0.2, 0) is 23.9 Å². The number of ether oxygens (including phenoxy) is 2. The molecule has 190 valence electrons. The normalized spacial score (nSPS) is 41.4. The van der Waals surface area contributed by atoms with Crippen LogP contribution in [0.25, 0.3) is 0 Å². The molecule has 1 unspecified atom stereocenters. The first-order valence-corrected chi connectivity index (χ1v) is 13.5. The predicted octanol–water partition coefficient (Wildman–Crippen LogP) is 5.74. The number of ketones is 1. The summed E-state index contributed by atoms with van der Waals surface area (Å²) in [5.41, 5.74) is 3.12. The minimum atomic E-state index is -0.386. The largest absolute Gasteiger partial charge is 0.461 e. The van der Waals surface area contributed by atoms with Gasteiger partial charge in [-0.15, -0.1) is 0 Å². The highest BCUT2D eigenvalue weighted by Crippen LogP contribution is 2.67. The van der Waals surface area contributed by atoms with Gasteiger partial charge in [-0.05, 0) is 92.6 Å². The summed E-state index contributed by atoms with van der Waals surface area (Å²) < 4.78 is 11.0. The lowest BCUT2D eigenvalue weighted by molar-refractivity contribution is -0.153. The summed E-state index contributed by atoms with van der Waals surface area (Å²) >= 11 is 0. The molecule has 5 nitrogen and oxygen atoms in total. The molecule has 0 amide bonds. The molecule has 0 N–H and O–H groups in total. The molecule has 0 aromatic rings. The van der Waals surface area contributed by atoms with Crippen molar-refractivity contribution in [3.05, 3.63) is 34.9 Å². The van der Waals surface area contributed by atoms with Gasteiger partial charge in [0, 0.05) is 18.8 Å². The van der Waals surface area contributed by atoms with E-state index in [2.05, 4.69) is 26.8 Å². The summed E-state index contributed by atoms with van der Waals surface area (Å²) in [6.45, 7) is 10.5. The fourth-order valence-corrected chi connectivity index (χ4v) is 8.86. The Morgan fingerprint density at radius 3 is 2.66 bits per heavy atom. The maximum Gasteiger partial charge on any atom is 0.337 e. The highest BCUT2D eigenvalue weighted by Gasteiger charge is 2.59. The monoisotopic (exact) mass is 480 g/mol. The molecule has 4 aliphatic carbocycles. The molecular formula is C30H40O5. The van der Waals surface area contributed by atoms with E-state index in [4.69, 9.17) is 9.47 Å². The van der Waals surface area contributed by atoms with Gasteiger partial charge in [-0.25, -0.2) is 4.79 Å². The maximum atomic E-state index is 12.8. The van der Waals surface area contributed by atoms with Crippen molar-refractivity contribution in [2.24, 2.45) is 40.4 Å². The van der Waals surface area contributed by atoms with E-state index in [1.807, 2.05) is 13.0 Å². The first kappa shape index (κ1) is 24.5. The molecular weight excluding hydrogens is 440 g/mol. The Balaban J connectivity index is 1.33. The smallest absolute Gasteiger partial charge is 0.337 e. The summed E-state index contributed by atoms with van der Waals surface area (Å²) in [6, 6.07) is 0. The van der Waals surface area contributed by atoms with Crippen LogP contribution in [0.3, 0.4) is 0 Å². The zero-order valence-corrected chi connectivity index (χ0v) is 21.9. The molecule has 0 aromatic heterocycles. The van der Waals surface area contributed by atoms with Crippen molar-refractivity contribution >= 4 is 17.7 Å². The molecule has 35 heavy (non-hydrogen) atoms. The molecule has 0 saturated heterocycles. The zero-order chi connectivity index (χ0) is 25.1. The summed E-state index contributed by atoms with van der Waals surface area (Å²) in [5.74, 6) is 2.25. The number of carbonyl (C=O) groups is 3. The van der Waals surface area contributed by atoms with E-state index in [0.717, 1.165) is 18.4 Å². The van der Waals surface area contributed by atoms with Gasteiger partial charge >= 0.3 is 11.9 Å². The van der Waals surface area contributed by atoms with Crippen LogP contribution in [0.1, 0.15) is 79.6 Å². The average molecular weight is 481 g/mol. The fraction of sp³-hybridized carbons (Fsp3) is 0.700. The Morgan fingerprint density at radius 2 is 1.94 bits per heavy atom. The summed E-state index contributed by atoms with van der Waals surface area (Å²) in [4.78, 5) is 36.0. The van der Waals surface area contributed by atoms with Gasteiger partial charge in [0.25, 0.3) is 0 Å². The van der Waals surface area contributed by atoms with Gasteiger partial charge in [0.2, 0.25) is 0 Å². The molecule has 0 aromatic carbocycles. The highest BCUT2D eigenvalue weighted by molar-refractivity contribution is 6.01. The number of hydrogen-bond acceptors (Lipinski definition) is 5. The topological polar surface area (TPSA) is 69.7 Å². The number of hydrogen-bond donors (Lipinski definition) is 0. The third-order valence-electron chi connectivity index (χ3n) is 10.8. The number of allylic oxidation sites excluding steroid dienone is 4. The SMILES string of the molecule is CC(=O)OCC1=C(C)CC([C@@H](C)[C@H]2CC[C@H]3[C@@H]4CCC5=CC(=O)C=C[C@]5(C)[C@H]4CC[C@]23C)OC1=O. The van der Waals surface area contributed by atoms with Crippen LogP contribution in [0.5, 0.6) is 0 Å². The predicted molar refractivity (Wildman–Crippen MR) is 133 cm³/mol. The standard InChI is InChI=1S/C30H40O5/c1-17-14-27(35-28(33)23(17)16-34-19(3)31)18(2)24-8-9-25-22-7-6-20-15-21(32)10-12-29(20,4)26(22)11-13-30(24,25)5/h10,12,15,18,22,24-27H,6-9,11,13-14,16H2,1-5H3/t18-,22-,24+,25-,26-,27?,29-,30+/m0/s1. The van der Waals surface area contributed by atoms with E-state index in [1.165, 1.54) is 44.6 Å². The van der Waals surface area contributed by atoms with E-state index in [1.54, 1.807) is 6.08 Å². The van der Waals surface area contributed by atoms with Gasteiger partial charge in [-0.1, -0.05) is 38.0 Å². The first-order valence-electron chi connectivity index (χ1n) is 13.5. The molecule has 1 heterocycles. The maximum absolute atomic E-state index is 12.8. The number of carbonyl (C=O) groups excluding carboxylic acids is 3.